The van der Waals surface area contributed by atoms with Crippen LogP contribution in [0.25, 0.3) is 0 Å². The van der Waals surface area contributed by atoms with Gasteiger partial charge in [-0.25, -0.2) is 0 Å². The van der Waals surface area contributed by atoms with Crippen molar-refractivity contribution in [1.29, 1.82) is 0 Å². The summed E-state index contributed by atoms with van der Waals surface area (Å²) in [5.74, 6) is 0.164. The lowest BCUT2D eigenvalue weighted by Crippen LogP contribution is -2.23. The van der Waals surface area contributed by atoms with Crippen molar-refractivity contribution >= 4 is 5.78 Å². The van der Waals surface area contributed by atoms with E-state index in [0.717, 1.165) is 25.7 Å². The van der Waals surface area contributed by atoms with Crippen LogP contribution in [0, 0.1) is 5.41 Å². The van der Waals surface area contributed by atoms with Crippen LogP contribution in [0.3, 0.4) is 0 Å². The van der Waals surface area contributed by atoms with Crippen LogP contribution in [0.1, 0.15) is 38.7 Å². The van der Waals surface area contributed by atoms with Gasteiger partial charge in [0.2, 0.25) is 0 Å². The quantitative estimate of drug-likeness (QED) is 0.485. The van der Waals surface area contributed by atoms with Gasteiger partial charge in [-0.15, -0.1) is 6.58 Å². The van der Waals surface area contributed by atoms with Gasteiger partial charge in [-0.1, -0.05) is 55.8 Å². The van der Waals surface area contributed by atoms with E-state index in [0.29, 0.717) is 0 Å². The molecule has 1 nitrogen and oxygen atoms in total. The van der Waals surface area contributed by atoms with Crippen molar-refractivity contribution in [2.45, 2.75) is 39.5 Å². The Kier molecular flexibility index (Phi) is 6.27. The van der Waals surface area contributed by atoms with Gasteiger partial charge in [0.05, 0.1) is 0 Å². The van der Waals surface area contributed by atoms with Crippen LogP contribution in [0.4, 0.5) is 0 Å². The normalized spacial score (nSPS) is 14.2. The summed E-state index contributed by atoms with van der Waals surface area (Å²) >= 11 is 0. The summed E-state index contributed by atoms with van der Waals surface area (Å²) in [6.45, 7) is 7.85. The average Bonchev–Trinajstić information content (AvgIpc) is 2.44. The summed E-state index contributed by atoms with van der Waals surface area (Å²) < 4.78 is 0. The van der Waals surface area contributed by atoms with Crippen LogP contribution in [0.15, 0.2) is 55.1 Å². The third-order valence-electron chi connectivity index (χ3n) is 3.49. The summed E-state index contributed by atoms with van der Waals surface area (Å²) in [5.41, 5.74) is 0.900. The number of carbonyl (C=O) groups excluding carboxylic acids is 1. The highest BCUT2D eigenvalue weighted by atomic mass is 16.1. The molecule has 102 valence electrons. The van der Waals surface area contributed by atoms with Gasteiger partial charge in [0.25, 0.3) is 0 Å². The monoisotopic (exact) mass is 256 g/mol. The Morgan fingerprint density at radius 3 is 2.58 bits per heavy atom. The maximum absolute atomic E-state index is 12.1. The Morgan fingerprint density at radius 2 is 2.00 bits per heavy atom. The van der Waals surface area contributed by atoms with Crippen molar-refractivity contribution < 1.29 is 4.79 Å². The number of allylic oxidation sites excluding steroid dienone is 3. The Hall–Kier alpha value is -1.63. The molecule has 1 aromatic carbocycles. The SMILES string of the molecule is C=CC(C)(CCC)C(=O)/C=C/CCc1ccccc1. The van der Waals surface area contributed by atoms with Gasteiger partial charge in [0.15, 0.2) is 5.78 Å². The first-order valence-corrected chi connectivity index (χ1v) is 7.01. The van der Waals surface area contributed by atoms with Crippen molar-refractivity contribution in [3.63, 3.8) is 0 Å². The molecule has 0 saturated carbocycles. The number of benzene rings is 1. The molecule has 0 amide bonds. The minimum atomic E-state index is -0.405. The second kappa shape index (κ2) is 7.73. The van der Waals surface area contributed by atoms with Gasteiger partial charge in [-0.2, -0.15) is 0 Å². The minimum absolute atomic E-state index is 0.164. The van der Waals surface area contributed by atoms with Crippen molar-refractivity contribution in [2.75, 3.05) is 0 Å². The molecule has 1 heteroatoms. The smallest absolute Gasteiger partial charge is 0.164 e. The van der Waals surface area contributed by atoms with Crippen LogP contribution in [0.5, 0.6) is 0 Å². The second-order valence-corrected chi connectivity index (χ2v) is 5.16. The van der Waals surface area contributed by atoms with E-state index in [1.807, 2.05) is 31.2 Å². The standard InChI is InChI=1S/C18H24O/c1-4-15-18(3,5-2)17(19)14-10-9-13-16-11-7-6-8-12-16/h5-8,10-12,14H,2,4,9,13,15H2,1,3H3/b14-10+. The molecule has 0 aliphatic carbocycles. The molecular formula is C18H24O. The van der Waals surface area contributed by atoms with E-state index in [-0.39, 0.29) is 5.78 Å². The fourth-order valence-corrected chi connectivity index (χ4v) is 2.12. The zero-order valence-electron chi connectivity index (χ0n) is 12.1. The highest BCUT2D eigenvalue weighted by Gasteiger charge is 2.25. The molecule has 19 heavy (non-hydrogen) atoms. The summed E-state index contributed by atoms with van der Waals surface area (Å²) in [7, 11) is 0. The van der Waals surface area contributed by atoms with Crippen LogP contribution in [0.2, 0.25) is 0 Å². The number of rotatable bonds is 8. The highest BCUT2D eigenvalue weighted by molar-refractivity contribution is 5.95. The summed E-state index contributed by atoms with van der Waals surface area (Å²) in [4.78, 5) is 12.1. The maximum Gasteiger partial charge on any atom is 0.164 e. The molecular weight excluding hydrogens is 232 g/mol. The van der Waals surface area contributed by atoms with Gasteiger partial charge in [-0.05, 0) is 37.8 Å². The molecule has 0 fully saturated rings. The Balaban J connectivity index is 2.48. The molecule has 0 aliphatic rings. The molecule has 0 N–H and O–H groups in total. The van der Waals surface area contributed by atoms with Gasteiger partial charge in [-0.3, -0.25) is 4.79 Å². The van der Waals surface area contributed by atoms with Gasteiger partial charge in [0, 0.05) is 5.41 Å². The van der Waals surface area contributed by atoms with E-state index in [9.17, 15) is 4.79 Å². The second-order valence-electron chi connectivity index (χ2n) is 5.16. The summed E-state index contributed by atoms with van der Waals surface area (Å²) in [6.07, 6.45) is 9.20. The average molecular weight is 256 g/mol. The summed E-state index contributed by atoms with van der Waals surface area (Å²) in [6, 6.07) is 10.3. The molecule has 1 unspecified atom stereocenters. The van der Waals surface area contributed by atoms with E-state index in [4.69, 9.17) is 0 Å². The molecule has 0 aromatic heterocycles. The molecule has 1 aromatic rings. The maximum atomic E-state index is 12.1. The molecule has 0 heterocycles. The predicted molar refractivity (Wildman–Crippen MR) is 82.1 cm³/mol. The zero-order chi connectivity index (χ0) is 14.1. The Bertz CT molecular complexity index is 430. The van der Waals surface area contributed by atoms with Gasteiger partial charge >= 0.3 is 0 Å². The fourth-order valence-electron chi connectivity index (χ4n) is 2.12. The topological polar surface area (TPSA) is 17.1 Å². The van der Waals surface area contributed by atoms with E-state index in [1.165, 1.54) is 5.56 Å². The van der Waals surface area contributed by atoms with Crippen molar-refractivity contribution in [1.82, 2.24) is 0 Å². The van der Waals surface area contributed by atoms with Gasteiger partial charge < -0.3 is 0 Å². The number of aryl methyl sites for hydroxylation is 1. The van der Waals surface area contributed by atoms with Crippen LogP contribution in [-0.2, 0) is 11.2 Å². The number of hydrogen-bond acceptors (Lipinski definition) is 1. The van der Waals surface area contributed by atoms with Gasteiger partial charge in [0.1, 0.15) is 0 Å². The summed E-state index contributed by atoms with van der Waals surface area (Å²) in [5, 5.41) is 0. The number of hydrogen-bond donors (Lipinski definition) is 0. The minimum Gasteiger partial charge on any atom is -0.294 e. The molecule has 0 radical (unpaired) electrons. The van der Waals surface area contributed by atoms with E-state index < -0.39 is 5.41 Å². The first-order chi connectivity index (χ1) is 9.12. The fraction of sp³-hybridized carbons (Fsp3) is 0.389. The number of ketones is 1. The van der Waals surface area contributed by atoms with Crippen LogP contribution >= 0.6 is 0 Å². The molecule has 0 bridgehead atoms. The third-order valence-corrected chi connectivity index (χ3v) is 3.49. The van der Waals surface area contributed by atoms with E-state index >= 15 is 0 Å². The Morgan fingerprint density at radius 1 is 1.32 bits per heavy atom. The first-order valence-electron chi connectivity index (χ1n) is 7.01. The van der Waals surface area contributed by atoms with Crippen LogP contribution in [-0.4, -0.2) is 5.78 Å². The zero-order valence-corrected chi connectivity index (χ0v) is 12.1. The lowest BCUT2D eigenvalue weighted by molar-refractivity contribution is -0.121. The van der Waals surface area contributed by atoms with E-state index in [1.54, 1.807) is 12.2 Å². The molecule has 1 rings (SSSR count). The highest BCUT2D eigenvalue weighted by Crippen LogP contribution is 2.26. The molecule has 0 spiro atoms. The molecule has 0 aliphatic heterocycles. The largest absolute Gasteiger partial charge is 0.294 e. The third kappa shape index (κ3) is 4.86. The molecule has 0 saturated heterocycles. The molecule has 1 atom stereocenters. The lowest BCUT2D eigenvalue weighted by Gasteiger charge is -2.21. The van der Waals surface area contributed by atoms with Crippen molar-refractivity contribution in [3.8, 4) is 0 Å². The predicted octanol–water partition coefficient (Wildman–Crippen LogP) is 4.74. The lowest BCUT2D eigenvalue weighted by atomic mass is 9.81. The van der Waals surface area contributed by atoms with Crippen molar-refractivity contribution in [3.05, 3.63) is 60.7 Å². The van der Waals surface area contributed by atoms with Crippen LogP contribution < -0.4 is 0 Å². The van der Waals surface area contributed by atoms with Crippen molar-refractivity contribution in [2.24, 2.45) is 5.41 Å². The number of carbonyl (C=O) groups is 1. The van der Waals surface area contributed by atoms with E-state index in [2.05, 4.69) is 25.6 Å². The first kappa shape index (κ1) is 15.4. The Labute approximate surface area is 117 Å².